The predicted octanol–water partition coefficient (Wildman–Crippen LogP) is 3.44. The van der Waals surface area contributed by atoms with E-state index in [1.165, 1.54) is 5.56 Å². The highest BCUT2D eigenvalue weighted by Gasteiger charge is 2.20. The summed E-state index contributed by atoms with van der Waals surface area (Å²) >= 11 is 0. The molecule has 0 saturated carbocycles. The fourth-order valence-electron chi connectivity index (χ4n) is 3.61. The second-order valence-corrected chi connectivity index (χ2v) is 7.03. The molecule has 5 nitrogen and oxygen atoms in total. The average Bonchev–Trinajstić information content (AvgIpc) is 3.38. The SMILES string of the molecule is COC1=CC(c2ccc[nH]2)=N/C1=C\NC1CCN(Cc2ccccc2)CC1. The number of nitrogens with zero attached hydrogens (tertiary/aromatic N) is 2. The van der Waals surface area contributed by atoms with Crippen LogP contribution >= 0.6 is 0 Å². The molecule has 0 amide bonds. The maximum absolute atomic E-state index is 5.49. The number of aromatic amines is 1. The smallest absolute Gasteiger partial charge is 0.148 e. The number of aromatic nitrogens is 1. The Morgan fingerprint density at radius 1 is 1.19 bits per heavy atom. The van der Waals surface area contributed by atoms with E-state index in [4.69, 9.17) is 9.73 Å². The molecule has 5 heteroatoms. The van der Waals surface area contributed by atoms with Gasteiger partial charge in [0.1, 0.15) is 11.5 Å². The Kier molecular flexibility index (Phi) is 5.39. The lowest BCUT2D eigenvalue weighted by atomic mass is 10.0. The van der Waals surface area contributed by atoms with Crippen LogP contribution in [0.15, 0.2) is 77.4 Å². The summed E-state index contributed by atoms with van der Waals surface area (Å²) in [5, 5.41) is 3.55. The van der Waals surface area contributed by atoms with Crippen molar-refractivity contribution in [2.45, 2.75) is 25.4 Å². The third kappa shape index (κ3) is 4.31. The van der Waals surface area contributed by atoms with Crippen molar-refractivity contribution >= 4 is 5.71 Å². The topological polar surface area (TPSA) is 52.6 Å². The Labute approximate surface area is 160 Å². The first-order chi connectivity index (χ1) is 13.3. The van der Waals surface area contributed by atoms with E-state index in [0.29, 0.717) is 6.04 Å². The van der Waals surface area contributed by atoms with Crippen LogP contribution in [-0.4, -0.2) is 41.8 Å². The minimum atomic E-state index is 0.479. The molecule has 0 bridgehead atoms. The number of ether oxygens (including phenoxy) is 1. The lowest BCUT2D eigenvalue weighted by Gasteiger charge is -2.32. The highest BCUT2D eigenvalue weighted by atomic mass is 16.5. The van der Waals surface area contributed by atoms with Gasteiger partial charge in [-0.05, 0) is 30.5 Å². The molecule has 0 atom stereocenters. The average molecular weight is 362 g/mol. The number of benzene rings is 1. The standard InChI is InChI=1S/C22H26N4O/c1-27-22-14-20(19-8-5-11-23-19)25-21(22)15-24-18-9-12-26(13-10-18)16-17-6-3-2-4-7-17/h2-8,11,14-15,18,23-24H,9-10,12-13,16H2,1H3/b21-15-. The molecule has 4 rings (SSSR count). The summed E-state index contributed by atoms with van der Waals surface area (Å²) in [6, 6.07) is 15.2. The number of methoxy groups -OCH3 is 1. The van der Waals surface area contributed by atoms with Crippen molar-refractivity contribution in [3.63, 3.8) is 0 Å². The molecule has 3 heterocycles. The minimum Gasteiger partial charge on any atom is -0.494 e. The molecule has 2 N–H and O–H groups in total. The Morgan fingerprint density at radius 2 is 2.00 bits per heavy atom. The second-order valence-electron chi connectivity index (χ2n) is 7.03. The predicted molar refractivity (Wildman–Crippen MR) is 108 cm³/mol. The maximum atomic E-state index is 5.49. The zero-order chi connectivity index (χ0) is 18.5. The number of allylic oxidation sites excluding steroid dienone is 1. The van der Waals surface area contributed by atoms with Gasteiger partial charge < -0.3 is 15.0 Å². The Balaban J connectivity index is 1.32. The molecule has 1 aromatic heterocycles. The van der Waals surface area contributed by atoms with E-state index < -0.39 is 0 Å². The summed E-state index contributed by atoms with van der Waals surface area (Å²) in [5.74, 6) is 0.800. The minimum absolute atomic E-state index is 0.479. The van der Waals surface area contributed by atoms with Gasteiger partial charge in [0.2, 0.25) is 0 Å². The second kappa shape index (κ2) is 8.27. The largest absolute Gasteiger partial charge is 0.494 e. The third-order valence-corrected chi connectivity index (χ3v) is 5.15. The molecule has 27 heavy (non-hydrogen) atoms. The van der Waals surface area contributed by atoms with E-state index in [2.05, 4.69) is 45.5 Å². The van der Waals surface area contributed by atoms with Crippen molar-refractivity contribution in [2.24, 2.45) is 4.99 Å². The summed E-state index contributed by atoms with van der Waals surface area (Å²) < 4.78 is 5.49. The molecule has 2 aromatic rings. The first-order valence-corrected chi connectivity index (χ1v) is 9.53. The molecule has 0 radical (unpaired) electrons. The van der Waals surface area contributed by atoms with Crippen LogP contribution in [0.3, 0.4) is 0 Å². The van der Waals surface area contributed by atoms with Gasteiger partial charge in [-0.3, -0.25) is 4.90 Å². The quantitative estimate of drug-likeness (QED) is 0.828. The zero-order valence-corrected chi connectivity index (χ0v) is 15.7. The maximum Gasteiger partial charge on any atom is 0.148 e. The van der Waals surface area contributed by atoms with Gasteiger partial charge in [-0.25, -0.2) is 4.99 Å². The summed E-state index contributed by atoms with van der Waals surface area (Å²) in [4.78, 5) is 10.4. The van der Waals surface area contributed by atoms with Crippen LogP contribution in [0.5, 0.6) is 0 Å². The van der Waals surface area contributed by atoms with Gasteiger partial charge in [0.05, 0.1) is 18.5 Å². The molecular weight excluding hydrogens is 336 g/mol. The van der Waals surface area contributed by atoms with E-state index in [0.717, 1.165) is 55.3 Å². The molecule has 0 spiro atoms. The van der Waals surface area contributed by atoms with Crippen molar-refractivity contribution in [2.75, 3.05) is 20.2 Å². The van der Waals surface area contributed by atoms with Crippen molar-refractivity contribution < 1.29 is 4.74 Å². The summed E-state index contributed by atoms with van der Waals surface area (Å²) in [5.41, 5.74) is 4.15. The van der Waals surface area contributed by atoms with E-state index in [-0.39, 0.29) is 0 Å². The Morgan fingerprint density at radius 3 is 2.70 bits per heavy atom. The van der Waals surface area contributed by atoms with E-state index >= 15 is 0 Å². The van der Waals surface area contributed by atoms with Gasteiger partial charge in [-0.2, -0.15) is 0 Å². The number of rotatable bonds is 6. The first-order valence-electron chi connectivity index (χ1n) is 9.53. The normalized spacial score (nSPS) is 19.8. The van der Waals surface area contributed by atoms with Crippen LogP contribution in [0.4, 0.5) is 0 Å². The molecular formula is C22H26N4O. The monoisotopic (exact) mass is 362 g/mol. The highest BCUT2D eigenvalue weighted by Crippen LogP contribution is 2.22. The lowest BCUT2D eigenvalue weighted by molar-refractivity contribution is 0.196. The number of aliphatic imine (C=N–C) groups is 1. The number of hydrogen-bond acceptors (Lipinski definition) is 4. The van der Waals surface area contributed by atoms with Gasteiger partial charge in [0.15, 0.2) is 0 Å². The molecule has 140 valence electrons. The van der Waals surface area contributed by atoms with E-state index in [1.807, 2.05) is 30.6 Å². The first kappa shape index (κ1) is 17.6. The number of likely N-dealkylation sites (tertiary alicyclic amines) is 1. The van der Waals surface area contributed by atoms with Gasteiger partial charge in [0.25, 0.3) is 0 Å². The molecule has 0 unspecified atom stereocenters. The van der Waals surface area contributed by atoms with Crippen molar-refractivity contribution in [3.8, 4) is 0 Å². The van der Waals surface area contributed by atoms with E-state index in [9.17, 15) is 0 Å². The Bertz CT molecular complexity index is 828. The van der Waals surface area contributed by atoms with Crippen molar-refractivity contribution in [3.05, 3.63) is 83.7 Å². The lowest BCUT2D eigenvalue weighted by Crippen LogP contribution is -2.40. The van der Waals surface area contributed by atoms with Crippen LogP contribution in [0.1, 0.15) is 24.1 Å². The number of hydrogen-bond donors (Lipinski definition) is 2. The summed E-state index contributed by atoms with van der Waals surface area (Å²) in [7, 11) is 1.69. The molecule has 1 fully saturated rings. The van der Waals surface area contributed by atoms with Crippen LogP contribution in [0.2, 0.25) is 0 Å². The molecule has 1 saturated heterocycles. The van der Waals surface area contributed by atoms with Crippen LogP contribution in [-0.2, 0) is 11.3 Å². The fourth-order valence-corrected chi connectivity index (χ4v) is 3.61. The van der Waals surface area contributed by atoms with Crippen molar-refractivity contribution in [1.29, 1.82) is 0 Å². The number of nitrogens with one attached hydrogen (secondary N) is 2. The van der Waals surface area contributed by atoms with Gasteiger partial charge >= 0.3 is 0 Å². The third-order valence-electron chi connectivity index (χ3n) is 5.15. The summed E-state index contributed by atoms with van der Waals surface area (Å²) in [6.45, 7) is 3.26. The zero-order valence-electron chi connectivity index (χ0n) is 15.7. The van der Waals surface area contributed by atoms with Crippen LogP contribution in [0.25, 0.3) is 0 Å². The van der Waals surface area contributed by atoms with Crippen LogP contribution < -0.4 is 5.32 Å². The van der Waals surface area contributed by atoms with Crippen LogP contribution in [0, 0.1) is 0 Å². The molecule has 2 aliphatic heterocycles. The molecule has 1 aromatic carbocycles. The van der Waals surface area contributed by atoms with Crippen molar-refractivity contribution in [1.82, 2.24) is 15.2 Å². The fraction of sp³-hybridized carbons (Fsp3) is 0.318. The van der Waals surface area contributed by atoms with Gasteiger partial charge in [-0.15, -0.1) is 0 Å². The summed E-state index contributed by atoms with van der Waals surface area (Å²) in [6.07, 6.45) is 8.15. The van der Waals surface area contributed by atoms with Gasteiger partial charge in [-0.1, -0.05) is 30.3 Å². The molecule has 0 aliphatic carbocycles. The molecule has 2 aliphatic rings. The highest BCUT2D eigenvalue weighted by molar-refractivity contribution is 6.10. The Hall–Kier alpha value is -2.79. The van der Waals surface area contributed by atoms with Gasteiger partial charge in [0, 0.05) is 44.1 Å². The van der Waals surface area contributed by atoms with E-state index in [1.54, 1.807) is 7.11 Å². The number of piperidine rings is 1. The number of H-pyrrole nitrogens is 1.